The monoisotopic (exact) mass is 244 g/mol. The number of nitrogens with zero attached hydrogens (tertiary/aromatic N) is 1. The van der Waals surface area contributed by atoms with E-state index in [1.165, 1.54) is 0 Å². The minimum Gasteiger partial charge on any atom is -0.507 e. The molecule has 86 valence electrons. The number of benzene rings is 2. The van der Waals surface area contributed by atoms with Crippen molar-refractivity contribution in [3.05, 3.63) is 48.0 Å². The summed E-state index contributed by atoms with van der Waals surface area (Å²) >= 11 is 0. The van der Waals surface area contributed by atoms with E-state index in [4.69, 9.17) is 5.73 Å². The van der Waals surface area contributed by atoms with Crippen LogP contribution in [-0.4, -0.2) is 11.3 Å². The molecule has 4 heteroatoms. The van der Waals surface area contributed by atoms with E-state index >= 15 is 0 Å². The Hall–Kier alpha value is -1.86. The van der Waals surface area contributed by atoms with Gasteiger partial charge in [-0.2, -0.15) is 0 Å². The lowest BCUT2D eigenvalue weighted by molar-refractivity contribution is 0.474. The van der Waals surface area contributed by atoms with Gasteiger partial charge in [0, 0.05) is 17.5 Å². The van der Waals surface area contributed by atoms with Crippen molar-refractivity contribution < 1.29 is 5.11 Å². The molecule has 0 aromatic heterocycles. The van der Waals surface area contributed by atoms with Gasteiger partial charge in [0.05, 0.1) is 5.69 Å². The molecule has 0 fully saturated rings. The Morgan fingerprint density at radius 1 is 1.18 bits per heavy atom. The molecule has 0 saturated heterocycles. The Balaban J connectivity index is 2.32. The highest BCUT2D eigenvalue weighted by Gasteiger charge is 1.99. The number of anilines is 1. The van der Waals surface area contributed by atoms with Crippen molar-refractivity contribution in [2.24, 2.45) is 4.99 Å². The third-order valence-corrected chi connectivity index (χ3v) is 2.82. The van der Waals surface area contributed by atoms with Crippen molar-refractivity contribution in [3.8, 4) is 5.75 Å². The lowest BCUT2D eigenvalue weighted by Crippen LogP contribution is -1.91. The number of nitrogens with two attached hydrogens (primary N) is 1. The van der Waals surface area contributed by atoms with Gasteiger partial charge in [0.2, 0.25) is 0 Å². The van der Waals surface area contributed by atoms with Crippen LogP contribution in [0.25, 0.3) is 0 Å². The van der Waals surface area contributed by atoms with Gasteiger partial charge >= 0.3 is 0 Å². The van der Waals surface area contributed by atoms with E-state index in [-0.39, 0.29) is 5.75 Å². The molecule has 1 atom stereocenters. The lowest BCUT2D eigenvalue weighted by Gasteiger charge is -2.01. The minimum atomic E-state index is 0.171. The largest absolute Gasteiger partial charge is 0.507 e. The van der Waals surface area contributed by atoms with Gasteiger partial charge in [-0.1, -0.05) is 18.2 Å². The first-order valence-electron chi connectivity index (χ1n) is 5.14. The second-order valence-corrected chi connectivity index (χ2v) is 4.26. The topological polar surface area (TPSA) is 58.6 Å². The van der Waals surface area contributed by atoms with Crippen LogP contribution in [0.1, 0.15) is 5.56 Å². The molecule has 2 rings (SSSR count). The van der Waals surface area contributed by atoms with E-state index in [1.54, 1.807) is 24.4 Å². The molecular weight excluding hydrogens is 231 g/mol. The molecule has 3 N–H and O–H groups in total. The van der Waals surface area contributed by atoms with Crippen LogP contribution in [0.15, 0.2) is 47.5 Å². The highest BCUT2D eigenvalue weighted by atomic mass is 31.0. The van der Waals surface area contributed by atoms with Crippen LogP contribution in [0.3, 0.4) is 0 Å². The van der Waals surface area contributed by atoms with Crippen LogP contribution in [0, 0.1) is 0 Å². The smallest absolute Gasteiger partial charge is 0.124 e. The maximum absolute atomic E-state index is 9.63. The molecule has 0 radical (unpaired) electrons. The van der Waals surface area contributed by atoms with Crippen molar-refractivity contribution in [1.82, 2.24) is 0 Å². The number of aromatic hydroxyl groups is 1. The molecule has 0 bridgehead atoms. The number of rotatable bonds is 2. The van der Waals surface area contributed by atoms with Crippen LogP contribution < -0.4 is 11.0 Å². The van der Waals surface area contributed by atoms with Crippen molar-refractivity contribution in [2.75, 3.05) is 5.73 Å². The summed E-state index contributed by atoms with van der Waals surface area (Å²) in [5.74, 6) is 0.171. The van der Waals surface area contributed by atoms with E-state index < -0.39 is 0 Å². The first-order chi connectivity index (χ1) is 8.16. The van der Waals surface area contributed by atoms with Gasteiger partial charge in [0.15, 0.2) is 0 Å². The highest BCUT2D eigenvalue weighted by Crippen LogP contribution is 2.19. The summed E-state index contributed by atoms with van der Waals surface area (Å²) in [6, 6.07) is 12.6. The van der Waals surface area contributed by atoms with Crippen molar-refractivity contribution >= 4 is 32.1 Å². The van der Waals surface area contributed by atoms with Gasteiger partial charge in [-0.3, -0.25) is 4.99 Å². The summed E-state index contributed by atoms with van der Waals surface area (Å²) in [4.78, 5) is 4.32. The van der Waals surface area contributed by atoms with E-state index in [2.05, 4.69) is 14.2 Å². The van der Waals surface area contributed by atoms with Gasteiger partial charge < -0.3 is 10.8 Å². The van der Waals surface area contributed by atoms with Crippen LogP contribution in [0.2, 0.25) is 0 Å². The third kappa shape index (κ3) is 2.83. The zero-order valence-corrected chi connectivity index (χ0v) is 10.3. The fourth-order valence-electron chi connectivity index (χ4n) is 1.42. The Labute approximate surface area is 102 Å². The maximum Gasteiger partial charge on any atom is 0.124 e. The molecule has 17 heavy (non-hydrogen) atoms. The summed E-state index contributed by atoms with van der Waals surface area (Å²) in [5.41, 5.74) is 7.71. The van der Waals surface area contributed by atoms with Crippen molar-refractivity contribution in [1.29, 1.82) is 0 Å². The molecule has 1 unspecified atom stereocenters. The molecule has 2 aromatic rings. The average Bonchev–Trinajstić information content (AvgIpc) is 2.32. The fourth-order valence-corrected chi connectivity index (χ4v) is 1.70. The predicted octanol–water partition coefficient (Wildman–Crippen LogP) is 2.23. The van der Waals surface area contributed by atoms with Crippen LogP contribution in [-0.2, 0) is 0 Å². The molecule has 0 saturated carbocycles. The molecule has 0 aliphatic heterocycles. The first-order valence-corrected chi connectivity index (χ1v) is 5.71. The van der Waals surface area contributed by atoms with Crippen molar-refractivity contribution in [2.45, 2.75) is 0 Å². The SMILES string of the molecule is Nc1ccc(O)c(C=Nc2ccccc2P)c1. The lowest BCUT2D eigenvalue weighted by atomic mass is 10.2. The summed E-state index contributed by atoms with van der Waals surface area (Å²) < 4.78 is 0. The van der Waals surface area contributed by atoms with E-state index in [9.17, 15) is 5.11 Å². The number of nitrogen functional groups attached to an aromatic ring is 1. The van der Waals surface area contributed by atoms with Crippen LogP contribution in [0.5, 0.6) is 5.75 Å². The third-order valence-electron chi connectivity index (χ3n) is 2.33. The van der Waals surface area contributed by atoms with E-state index in [0.29, 0.717) is 11.3 Å². The summed E-state index contributed by atoms with van der Waals surface area (Å²) in [6.07, 6.45) is 1.61. The standard InChI is InChI=1S/C13H13N2OP/c14-10-5-6-12(16)9(7-10)8-15-11-3-1-2-4-13(11)17/h1-8,16H,14,17H2. The number of aliphatic imine (C=N–C) groups is 1. The molecular formula is C13H13N2OP. The molecule has 0 spiro atoms. The predicted molar refractivity (Wildman–Crippen MR) is 75.6 cm³/mol. The van der Waals surface area contributed by atoms with E-state index in [1.807, 2.05) is 24.3 Å². The maximum atomic E-state index is 9.63. The van der Waals surface area contributed by atoms with Gasteiger partial charge in [0.25, 0.3) is 0 Å². The average molecular weight is 244 g/mol. The minimum absolute atomic E-state index is 0.171. The molecule has 0 aliphatic carbocycles. The molecule has 0 amide bonds. The number of para-hydroxylation sites is 1. The summed E-state index contributed by atoms with van der Waals surface area (Å²) in [7, 11) is 2.62. The summed E-state index contributed by atoms with van der Waals surface area (Å²) in [5, 5.41) is 10.6. The number of hydrogen-bond acceptors (Lipinski definition) is 3. The Bertz CT molecular complexity index is 567. The molecule has 0 aliphatic rings. The Kier molecular flexibility index (Phi) is 3.40. The fraction of sp³-hybridized carbons (Fsp3) is 0. The molecule has 2 aromatic carbocycles. The van der Waals surface area contributed by atoms with Gasteiger partial charge in [-0.25, -0.2) is 0 Å². The van der Waals surface area contributed by atoms with E-state index in [0.717, 1.165) is 11.0 Å². The van der Waals surface area contributed by atoms with Gasteiger partial charge in [0.1, 0.15) is 5.75 Å². The Morgan fingerprint density at radius 3 is 2.71 bits per heavy atom. The summed E-state index contributed by atoms with van der Waals surface area (Å²) in [6.45, 7) is 0. The Morgan fingerprint density at radius 2 is 1.94 bits per heavy atom. The number of hydrogen-bond donors (Lipinski definition) is 2. The van der Waals surface area contributed by atoms with Crippen LogP contribution in [0.4, 0.5) is 11.4 Å². The van der Waals surface area contributed by atoms with Gasteiger partial charge in [-0.05, 0) is 29.6 Å². The first kappa shape index (κ1) is 11.6. The highest BCUT2D eigenvalue weighted by molar-refractivity contribution is 7.28. The second kappa shape index (κ2) is 4.98. The number of phenols is 1. The molecule has 0 heterocycles. The van der Waals surface area contributed by atoms with Crippen LogP contribution >= 0.6 is 9.24 Å². The second-order valence-electron chi connectivity index (χ2n) is 3.64. The normalized spacial score (nSPS) is 10.9. The zero-order valence-electron chi connectivity index (χ0n) is 9.17. The van der Waals surface area contributed by atoms with Crippen molar-refractivity contribution in [3.63, 3.8) is 0 Å². The zero-order chi connectivity index (χ0) is 12.3. The quantitative estimate of drug-likeness (QED) is 0.368. The number of phenolic OH excluding ortho intramolecular Hbond substituents is 1. The molecule has 3 nitrogen and oxygen atoms in total. The van der Waals surface area contributed by atoms with Gasteiger partial charge in [-0.15, -0.1) is 9.24 Å².